The second-order valence-corrected chi connectivity index (χ2v) is 8.05. The molecule has 0 atom stereocenters. The molecule has 0 aliphatic heterocycles. The summed E-state index contributed by atoms with van der Waals surface area (Å²) < 4.78 is 1.78. The van der Waals surface area contributed by atoms with E-state index in [-0.39, 0.29) is 0 Å². The van der Waals surface area contributed by atoms with Crippen LogP contribution in [0.25, 0.3) is 0 Å². The summed E-state index contributed by atoms with van der Waals surface area (Å²) in [5.41, 5.74) is 1.15. The van der Waals surface area contributed by atoms with Crippen molar-refractivity contribution in [2.24, 2.45) is 7.05 Å². The molecule has 0 unspecified atom stereocenters. The normalized spacial score (nSPS) is 11.0. The van der Waals surface area contributed by atoms with Gasteiger partial charge >= 0.3 is 5.97 Å². The summed E-state index contributed by atoms with van der Waals surface area (Å²) in [6, 6.07) is 0. The minimum atomic E-state index is -0.674. The lowest BCUT2D eigenvalue weighted by Crippen LogP contribution is -1.99. The maximum absolute atomic E-state index is 11.9. The predicted octanol–water partition coefficient (Wildman–Crippen LogP) is 5.86. The second-order valence-electron chi connectivity index (χ2n) is 8.05. The number of carboxylic acids is 1. The molecule has 1 heterocycles. The Bertz CT molecular complexity index is 540. The van der Waals surface area contributed by atoms with E-state index in [0.717, 1.165) is 37.7 Å². The average Bonchev–Trinajstić information content (AvgIpc) is 3.08. The molecule has 0 spiro atoms. The molecule has 0 aliphatic rings. The predicted molar refractivity (Wildman–Crippen MR) is 113 cm³/mol. The van der Waals surface area contributed by atoms with Crippen molar-refractivity contribution >= 4 is 11.8 Å². The number of hydrogen-bond donors (Lipinski definition) is 1. The van der Waals surface area contributed by atoms with Crippen LogP contribution in [-0.2, 0) is 23.1 Å². The van der Waals surface area contributed by atoms with E-state index in [1.165, 1.54) is 64.2 Å². The Labute approximate surface area is 170 Å². The van der Waals surface area contributed by atoms with E-state index in [1.54, 1.807) is 4.68 Å². The molecule has 0 amide bonds. The van der Waals surface area contributed by atoms with Gasteiger partial charge < -0.3 is 5.11 Å². The van der Waals surface area contributed by atoms with Crippen LogP contribution in [0.4, 0.5) is 0 Å². The zero-order valence-corrected chi connectivity index (χ0v) is 17.8. The van der Waals surface area contributed by atoms with Gasteiger partial charge in [0.15, 0.2) is 0 Å². The van der Waals surface area contributed by atoms with Crippen molar-refractivity contribution in [2.75, 3.05) is 0 Å². The van der Waals surface area contributed by atoms with E-state index < -0.39 is 5.97 Å². The molecule has 1 aromatic rings. The van der Waals surface area contributed by atoms with Crippen molar-refractivity contribution in [1.82, 2.24) is 9.78 Å². The SMILES string of the molecule is Cn1cc(CCC(=O)CCCCCCCCCCCCCCCC(=O)O)cn1. The van der Waals surface area contributed by atoms with Crippen LogP contribution in [0, 0.1) is 0 Å². The van der Waals surface area contributed by atoms with Crippen molar-refractivity contribution in [3.63, 3.8) is 0 Å². The Morgan fingerprint density at radius 1 is 0.786 bits per heavy atom. The third-order valence-electron chi connectivity index (χ3n) is 5.30. The van der Waals surface area contributed by atoms with Crippen LogP contribution in [0.5, 0.6) is 0 Å². The van der Waals surface area contributed by atoms with Gasteiger partial charge in [-0.2, -0.15) is 5.10 Å². The van der Waals surface area contributed by atoms with Crippen molar-refractivity contribution in [3.05, 3.63) is 18.0 Å². The van der Waals surface area contributed by atoms with E-state index in [2.05, 4.69) is 5.10 Å². The maximum atomic E-state index is 11.9. The lowest BCUT2D eigenvalue weighted by molar-refractivity contribution is -0.137. The summed E-state index contributed by atoms with van der Waals surface area (Å²) >= 11 is 0. The van der Waals surface area contributed by atoms with E-state index >= 15 is 0 Å². The van der Waals surface area contributed by atoms with Crippen molar-refractivity contribution in [1.29, 1.82) is 0 Å². The van der Waals surface area contributed by atoms with Gasteiger partial charge in [-0.05, 0) is 24.8 Å². The standard InChI is InChI=1S/C23H40N2O3/c1-25-20-21(19-24-25)17-18-22(26)15-13-11-9-7-5-3-2-4-6-8-10-12-14-16-23(27)28/h19-20H,2-18H2,1H3,(H,27,28). The van der Waals surface area contributed by atoms with E-state index in [1.807, 2.05) is 19.4 Å². The molecule has 1 aromatic heterocycles. The van der Waals surface area contributed by atoms with E-state index in [4.69, 9.17) is 5.11 Å². The fourth-order valence-electron chi connectivity index (χ4n) is 3.55. The van der Waals surface area contributed by atoms with Gasteiger partial charge in [0.05, 0.1) is 6.20 Å². The zero-order chi connectivity index (χ0) is 20.5. The smallest absolute Gasteiger partial charge is 0.303 e. The van der Waals surface area contributed by atoms with Crippen LogP contribution in [-0.4, -0.2) is 26.6 Å². The summed E-state index contributed by atoms with van der Waals surface area (Å²) in [5.74, 6) is -0.292. The van der Waals surface area contributed by atoms with E-state index in [0.29, 0.717) is 18.6 Å². The topological polar surface area (TPSA) is 72.2 Å². The van der Waals surface area contributed by atoms with Crippen molar-refractivity contribution in [3.8, 4) is 0 Å². The molecule has 0 bridgehead atoms. The number of hydrogen-bond acceptors (Lipinski definition) is 3. The number of carbonyl (C=O) groups excluding carboxylic acids is 1. The number of ketones is 1. The highest BCUT2D eigenvalue weighted by molar-refractivity contribution is 5.78. The van der Waals surface area contributed by atoms with Gasteiger partial charge in [0.2, 0.25) is 0 Å². The summed E-state index contributed by atoms with van der Waals surface area (Å²) in [6.45, 7) is 0. The van der Waals surface area contributed by atoms with Gasteiger partial charge in [0.1, 0.15) is 5.78 Å². The number of rotatable bonds is 19. The summed E-state index contributed by atoms with van der Waals surface area (Å²) in [5, 5.41) is 12.7. The third-order valence-corrected chi connectivity index (χ3v) is 5.30. The number of aliphatic carboxylic acids is 1. The summed E-state index contributed by atoms with van der Waals surface area (Å²) in [7, 11) is 1.90. The van der Waals surface area contributed by atoms with Crippen LogP contribution in [0.3, 0.4) is 0 Å². The Morgan fingerprint density at radius 2 is 1.25 bits per heavy atom. The molecule has 0 saturated carbocycles. The van der Waals surface area contributed by atoms with Gasteiger partial charge in [-0.1, -0.05) is 70.6 Å². The lowest BCUT2D eigenvalue weighted by atomic mass is 10.0. The minimum Gasteiger partial charge on any atom is -0.481 e. The molecule has 160 valence electrons. The summed E-state index contributed by atoms with van der Waals surface area (Å²) in [4.78, 5) is 22.3. The first-order chi connectivity index (χ1) is 13.6. The number of aryl methyl sites for hydroxylation is 2. The highest BCUT2D eigenvalue weighted by Gasteiger charge is 2.04. The Kier molecular flexibility index (Phi) is 14.2. The third kappa shape index (κ3) is 14.4. The number of carbonyl (C=O) groups is 2. The monoisotopic (exact) mass is 392 g/mol. The van der Waals surface area contributed by atoms with Crippen LogP contribution in [0.2, 0.25) is 0 Å². The van der Waals surface area contributed by atoms with Crippen molar-refractivity contribution in [2.45, 2.75) is 109 Å². The minimum absolute atomic E-state index is 0.319. The number of unbranched alkanes of at least 4 members (excludes halogenated alkanes) is 12. The quantitative estimate of drug-likeness (QED) is 0.299. The molecule has 5 nitrogen and oxygen atoms in total. The molecular formula is C23H40N2O3. The van der Waals surface area contributed by atoms with Gasteiger partial charge in [-0.25, -0.2) is 0 Å². The Morgan fingerprint density at radius 3 is 1.68 bits per heavy atom. The molecular weight excluding hydrogens is 352 g/mol. The number of aromatic nitrogens is 2. The van der Waals surface area contributed by atoms with Crippen LogP contribution in [0.1, 0.15) is 108 Å². The van der Waals surface area contributed by atoms with Crippen molar-refractivity contribution < 1.29 is 14.7 Å². The fraction of sp³-hybridized carbons (Fsp3) is 0.783. The average molecular weight is 393 g/mol. The molecule has 28 heavy (non-hydrogen) atoms. The second kappa shape index (κ2) is 16.3. The molecule has 0 aliphatic carbocycles. The lowest BCUT2D eigenvalue weighted by Gasteiger charge is -2.03. The molecule has 1 N–H and O–H groups in total. The van der Waals surface area contributed by atoms with Gasteiger partial charge in [0.25, 0.3) is 0 Å². The number of Topliss-reactive ketones (excluding diaryl/α,β-unsaturated/α-hetero) is 1. The highest BCUT2D eigenvalue weighted by atomic mass is 16.4. The van der Waals surface area contributed by atoms with Gasteiger partial charge in [-0.15, -0.1) is 0 Å². The maximum Gasteiger partial charge on any atom is 0.303 e. The summed E-state index contributed by atoms with van der Waals surface area (Å²) in [6.07, 6.45) is 21.9. The first-order valence-electron chi connectivity index (χ1n) is 11.3. The molecule has 0 aromatic carbocycles. The number of nitrogens with zero attached hydrogens (tertiary/aromatic N) is 2. The number of carboxylic acid groups (broad SMARTS) is 1. The van der Waals surface area contributed by atoms with Gasteiger partial charge in [-0.3, -0.25) is 14.3 Å². The van der Waals surface area contributed by atoms with Crippen LogP contribution < -0.4 is 0 Å². The van der Waals surface area contributed by atoms with Gasteiger partial charge in [0, 0.05) is 32.5 Å². The first kappa shape index (κ1) is 24.4. The van der Waals surface area contributed by atoms with Crippen LogP contribution in [0.15, 0.2) is 12.4 Å². The molecule has 5 heteroatoms. The molecule has 0 fully saturated rings. The molecule has 1 rings (SSSR count). The van der Waals surface area contributed by atoms with E-state index in [9.17, 15) is 9.59 Å². The fourth-order valence-corrected chi connectivity index (χ4v) is 3.55. The largest absolute Gasteiger partial charge is 0.481 e. The Balaban J connectivity index is 1.77. The Hall–Kier alpha value is -1.65. The zero-order valence-electron chi connectivity index (χ0n) is 17.8. The first-order valence-corrected chi connectivity index (χ1v) is 11.3. The molecule has 0 radical (unpaired) electrons. The highest BCUT2D eigenvalue weighted by Crippen LogP contribution is 2.14. The molecule has 0 saturated heterocycles. The van der Waals surface area contributed by atoms with Crippen LogP contribution >= 0.6 is 0 Å².